The minimum Gasteiger partial charge on any atom is -0.480 e. The fourth-order valence-corrected chi connectivity index (χ4v) is 3.52. The number of amides is 1. The number of carbonyl (C=O) groups excluding carboxylic acids is 1. The van der Waals surface area contributed by atoms with Gasteiger partial charge in [0.25, 0.3) is 0 Å². The smallest absolute Gasteiger partial charge is 0.410 e. The van der Waals surface area contributed by atoms with Crippen LogP contribution in [0, 0.1) is 0 Å². The van der Waals surface area contributed by atoms with E-state index in [1.807, 2.05) is 50.1 Å². The maximum absolute atomic E-state index is 12.5. The largest absolute Gasteiger partial charge is 0.480 e. The van der Waals surface area contributed by atoms with Crippen LogP contribution in [0.2, 0.25) is 0 Å². The molecule has 1 atom stereocenters. The van der Waals surface area contributed by atoms with E-state index in [1.165, 1.54) is 0 Å². The third-order valence-corrected chi connectivity index (χ3v) is 4.73. The number of rotatable bonds is 4. The number of hydrogen-bond donors (Lipinski definition) is 2. The molecule has 1 saturated heterocycles. The Morgan fingerprint density at radius 3 is 2.70 bits per heavy atom. The molecule has 1 fully saturated rings. The minimum atomic E-state index is -0.857. The number of benzene rings is 1. The molecule has 0 spiro atoms. The van der Waals surface area contributed by atoms with Crippen LogP contribution in [0.3, 0.4) is 0 Å². The standard InChI is InChI=1S/C20H27N3O4/c1-20(2,3)27-19(26)23-9-8-22(13-18(24)25)15(12-23)10-14-11-21-17-7-5-4-6-16(14)17/h4-7,11,15,21H,8-10,12-13H2,1-3H3,(H,24,25). The Balaban J connectivity index is 1.78. The number of carboxylic acid groups (broad SMARTS) is 1. The summed E-state index contributed by atoms with van der Waals surface area (Å²) in [6.45, 7) is 6.92. The topological polar surface area (TPSA) is 85.9 Å². The second-order valence-electron chi connectivity index (χ2n) is 8.01. The first-order chi connectivity index (χ1) is 12.7. The van der Waals surface area contributed by atoms with Crippen molar-refractivity contribution in [3.05, 3.63) is 36.0 Å². The van der Waals surface area contributed by atoms with Gasteiger partial charge in [0, 0.05) is 42.8 Å². The van der Waals surface area contributed by atoms with Crippen molar-refractivity contribution in [3.63, 3.8) is 0 Å². The molecule has 7 heteroatoms. The summed E-state index contributed by atoms with van der Waals surface area (Å²) in [5.74, 6) is -0.857. The van der Waals surface area contributed by atoms with Gasteiger partial charge in [0.15, 0.2) is 0 Å². The molecular weight excluding hydrogens is 346 g/mol. The van der Waals surface area contributed by atoms with E-state index >= 15 is 0 Å². The van der Waals surface area contributed by atoms with E-state index in [9.17, 15) is 14.7 Å². The number of nitrogens with zero attached hydrogens (tertiary/aromatic N) is 2. The van der Waals surface area contributed by atoms with E-state index in [2.05, 4.69) is 11.1 Å². The van der Waals surface area contributed by atoms with Crippen molar-refractivity contribution < 1.29 is 19.4 Å². The molecule has 7 nitrogen and oxygen atoms in total. The SMILES string of the molecule is CC(C)(C)OC(=O)N1CCN(CC(=O)O)C(Cc2c[nH]c3ccccc23)C1. The molecule has 1 unspecified atom stereocenters. The van der Waals surface area contributed by atoms with Crippen LogP contribution in [0.1, 0.15) is 26.3 Å². The van der Waals surface area contributed by atoms with Gasteiger partial charge in [0.1, 0.15) is 5.60 Å². The Morgan fingerprint density at radius 2 is 2.00 bits per heavy atom. The molecule has 1 aromatic carbocycles. The maximum Gasteiger partial charge on any atom is 0.410 e. The van der Waals surface area contributed by atoms with Crippen LogP contribution in [0.15, 0.2) is 30.5 Å². The van der Waals surface area contributed by atoms with Crippen molar-refractivity contribution >= 4 is 23.0 Å². The van der Waals surface area contributed by atoms with Crippen molar-refractivity contribution in [2.24, 2.45) is 0 Å². The molecule has 0 bridgehead atoms. The summed E-state index contributed by atoms with van der Waals surface area (Å²) >= 11 is 0. The van der Waals surface area contributed by atoms with Gasteiger partial charge >= 0.3 is 12.1 Å². The molecule has 1 aliphatic rings. The van der Waals surface area contributed by atoms with Crippen molar-refractivity contribution in [2.75, 3.05) is 26.2 Å². The molecule has 1 aliphatic heterocycles. The van der Waals surface area contributed by atoms with Gasteiger partial charge in [0.2, 0.25) is 0 Å². The lowest BCUT2D eigenvalue weighted by atomic mass is 10.0. The van der Waals surface area contributed by atoms with Crippen molar-refractivity contribution in [1.82, 2.24) is 14.8 Å². The summed E-state index contributed by atoms with van der Waals surface area (Å²) < 4.78 is 5.49. The quantitative estimate of drug-likeness (QED) is 0.861. The Morgan fingerprint density at radius 1 is 1.26 bits per heavy atom. The van der Waals surface area contributed by atoms with E-state index in [-0.39, 0.29) is 18.7 Å². The highest BCUT2D eigenvalue weighted by molar-refractivity contribution is 5.83. The highest BCUT2D eigenvalue weighted by atomic mass is 16.6. The molecule has 3 rings (SSSR count). The van der Waals surface area contributed by atoms with Gasteiger partial charge in [-0.25, -0.2) is 4.79 Å². The number of carboxylic acids is 1. The second kappa shape index (κ2) is 7.60. The first-order valence-corrected chi connectivity index (χ1v) is 9.22. The Labute approximate surface area is 158 Å². The molecule has 1 aromatic heterocycles. The Kier molecular flexibility index (Phi) is 5.41. The van der Waals surface area contributed by atoms with Crippen LogP contribution in [0.5, 0.6) is 0 Å². The normalized spacial score (nSPS) is 18.6. The van der Waals surface area contributed by atoms with Gasteiger partial charge in [-0.1, -0.05) is 18.2 Å². The van der Waals surface area contributed by atoms with Crippen LogP contribution < -0.4 is 0 Å². The van der Waals surface area contributed by atoms with Crippen LogP contribution in [-0.2, 0) is 16.0 Å². The number of aromatic nitrogens is 1. The van der Waals surface area contributed by atoms with Gasteiger partial charge in [-0.3, -0.25) is 9.69 Å². The summed E-state index contributed by atoms with van der Waals surface area (Å²) in [6.07, 6.45) is 2.29. The van der Waals surface area contributed by atoms with E-state index in [0.717, 1.165) is 16.5 Å². The highest BCUT2D eigenvalue weighted by Gasteiger charge is 2.33. The number of H-pyrrole nitrogens is 1. The van der Waals surface area contributed by atoms with Crippen molar-refractivity contribution in [3.8, 4) is 0 Å². The molecule has 27 heavy (non-hydrogen) atoms. The third-order valence-electron chi connectivity index (χ3n) is 4.73. The van der Waals surface area contributed by atoms with Crippen molar-refractivity contribution in [1.29, 1.82) is 0 Å². The van der Waals surface area contributed by atoms with E-state index in [1.54, 1.807) is 4.90 Å². The Hall–Kier alpha value is -2.54. The molecule has 0 saturated carbocycles. The predicted octanol–water partition coefficient (Wildman–Crippen LogP) is 2.72. The van der Waals surface area contributed by atoms with Crippen molar-refractivity contribution in [2.45, 2.75) is 38.8 Å². The zero-order valence-corrected chi connectivity index (χ0v) is 16.1. The fourth-order valence-electron chi connectivity index (χ4n) is 3.52. The van der Waals surface area contributed by atoms with Gasteiger partial charge in [0.05, 0.1) is 6.54 Å². The fraction of sp³-hybridized carbons (Fsp3) is 0.500. The maximum atomic E-state index is 12.5. The van der Waals surface area contributed by atoms with Gasteiger partial charge < -0.3 is 19.7 Å². The number of para-hydroxylation sites is 1. The van der Waals surface area contributed by atoms with Gasteiger partial charge in [-0.2, -0.15) is 0 Å². The average molecular weight is 373 g/mol. The summed E-state index contributed by atoms with van der Waals surface area (Å²) in [7, 11) is 0. The molecular formula is C20H27N3O4. The van der Waals surface area contributed by atoms with E-state index < -0.39 is 11.6 Å². The summed E-state index contributed by atoms with van der Waals surface area (Å²) in [4.78, 5) is 30.6. The number of aliphatic carboxylic acids is 1. The highest BCUT2D eigenvalue weighted by Crippen LogP contribution is 2.23. The molecule has 2 aromatic rings. The Bertz CT molecular complexity index is 824. The molecule has 146 valence electrons. The zero-order chi connectivity index (χ0) is 19.6. The zero-order valence-electron chi connectivity index (χ0n) is 16.1. The number of fused-ring (bicyclic) bond motifs is 1. The van der Waals surface area contributed by atoms with Gasteiger partial charge in [-0.05, 0) is 38.8 Å². The monoisotopic (exact) mass is 373 g/mol. The lowest BCUT2D eigenvalue weighted by Gasteiger charge is -2.41. The minimum absolute atomic E-state index is 0.0326. The number of hydrogen-bond acceptors (Lipinski definition) is 4. The number of aromatic amines is 1. The third kappa shape index (κ3) is 4.80. The lowest BCUT2D eigenvalue weighted by Crippen LogP contribution is -2.57. The summed E-state index contributed by atoms with van der Waals surface area (Å²) in [6, 6.07) is 7.95. The van der Waals surface area contributed by atoms with Gasteiger partial charge in [-0.15, -0.1) is 0 Å². The number of piperazine rings is 1. The first-order valence-electron chi connectivity index (χ1n) is 9.22. The lowest BCUT2D eigenvalue weighted by molar-refractivity contribution is -0.139. The molecule has 2 N–H and O–H groups in total. The number of ether oxygens (including phenoxy) is 1. The first kappa shape index (κ1) is 19.2. The molecule has 0 aliphatic carbocycles. The number of carbonyl (C=O) groups is 2. The van der Waals surface area contributed by atoms with Crippen LogP contribution in [0.25, 0.3) is 10.9 Å². The van der Waals surface area contributed by atoms with E-state index in [0.29, 0.717) is 26.1 Å². The molecule has 2 heterocycles. The predicted molar refractivity (Wildman–Crippen MR) is 103 cm³/mol. The molecule has 1 amide bonds. The number of nitrogens with one attached hydrogen (secondary N) is 1. The van der Waals surface area contributed by atoms with E-state index in [4.69, 9.17) is 4.74 Å². The molecule has 0 radical (unpaired) electrons. The average Bonchev–Trinajstić information content (AvgIpc) is 2.97. The van der Waals surface area contributed by atoms with Crippen LogP contribution >= 0.6 is 0 Å². The van der Waals surface area contributed by atoms with Crippen LogP contribution in [0.4, 0.5) is 4.79 Å². The summed E-state index contributed by atoms with van der Waals surface area (Å²) in [5, 5.41) is 10.4. The second-order valence-corrected chi connectivity index (χ2v) is 8.01. The summed E-state index contributed by atoms with van der Waals surface area (Å²) in [5.41, 5.74) is 1.62. The van der Waals surface area contributed by atoms with Crippen LogP contribution in [-0.4, -0.2) is 69.8 Å².